The summed E-state index contributed by atoms with van der Waals surface area (Å²) >= 11 is 0. The normalized spacial score (nSPS) is 28.5. The molecule has 2 N–H and O–H groups in total. The number of hydrogen-bond donors (Lipinski definition) is 2. The summed E-state index contributed by atoms with van der Waals surface area (Å²) in [7, 11) is 0. The molecule has 0 aromatic carbocycles. The predicted molar refractivity (Wildman–Crippen MR) is 82.7 cm³/mol. The fourth-order valence-electron chi connectivity index (χ4n) is 3.45. The molecule has 0 amide bonds. The largest absolute Gasteiger partial charge is 0.392 e. The third kappa shape index (κ3) is 4.31. The second-order valence-corrected chi connectivity index (χ2v) is 6.78. The van der Waals surface area contributed by atoms with Crippen LogP contribution in [0, 0.1) is 11.8 Å². The van der Waals surface area contributed by atoms with Gasteiger partial charge in [0.15, 0.2) is 0 Å². The molecular formula is C17H31NO2. The highest BCUT2D eigenvalue weighted by Gasteiger charge is 2.25. The summed E-state index contributed by atoms with van der Waals surface area (Å²) in [5, 5.41) is 13.9. The summed E-state index contributed by atoms with van der Waals surface area (Å²) in [5.41, 5.74) is 3.15. The van der Waals surface area contributed by atoms with Crippen molar-refractivity contribution in [1.29, 1.82) is 0 Å². The van der Waals surface area contributed by atoms with E-state index in [9.17, 15) is 5.11 Å². The molecule has 3 heteroatoms. The Morgan fingerprint density at radius 3 is 2.50 bits per heavy atom. The first-order valence-electron chi connectivity index (χ1n) is 8.22. The highest BCUT2D eigenvalue weighted by atomic mass is 16.5. The van der Waals surface area contributed by atoms with E-state index in [-0.39, 0.29) is 6.10 Å². The minimum Gasteiger partial charge on any atom is -0.392 e. The van der Waals surface area contributed by atoms with Gasteiger partial charge in [-0.05, 0) is 64.7 Å². The van der Waals surface area contributed by atoms with E-state index in [1.807, 2.05) is 0 Å². The van der Waals surface area contributed by atoms with Crippen molar-refractivity contribution in [3.63, 3.8) is 0 Å². The SMILES string of the molecule is CC1=C(C)CC(C(C)NCC(O)C2CCOCC2)CC1. The smallest absolute Gasteiger partial charge is 0.0694 e. The molecule has 2 rings (SSSR count). The lowest BCUT2D eigenvalue weighted by molar-refractivity contribution is 0.00708. The Morgan fingerprint density at radius 1 is 1.15 bits per heavy atom. The Kier molecular flexibility index (Phi) is 6.06. The van der Waals surface area contributed by atoms with Crippen molar-refractivity contribution in [2.45, 2.75) is 65.0 Å². The van der Waals surface area contributed by atoms with Crippen molar-refractivity contribution in [2.75, 3.05) is 19.8 Å². The van der Waals surface area contributed by atoms with Crippen molar-refractivity contribution >= 4 is 0 Å². The van der Waals surface area contributed by atoms with Crippen LogP contribution in [0.25, 0.3) is 0 Å². The molecule has 1 aliphatic heterocycles. The van der Waals surface area contributed by atoms with Gasteiger partial charge in [0, 0.05) is 25.8 Å². The van der Waals surface area contributed by atoms with Crippen LogP contribution in [0.3, 0.4) is 0 Å². The molecule has 0 radical (unpaired) electrons. The molecule has 0 aromatic heterocycles. The third-order valence-electron chi connectivity index (χ3n) is 5.35. The van der Waals surface area contributed by atoms with Crippen LogP contribution in [0.4, 0.5) is 0 Å². The first-order valence-corrected chi connectivity index (χ1v) is 8.22. The van der Waals surface area contributed by atoms with Gasteiger partial charge in [-0.1, -0.05) is 11.1 Å². The number of nitrogens with one attached hydrogen (secondary N) is 1. The molecule has 3 nitrogen and oxygen atoms in total. The van der Waals surface area contributed by atoms with E-state index in [4.69, 9.17) is 4.74 Å². The van der Waals surface area contributed by atoms with Gasteiger partial charge in [-0.3, -0.25) is 0 Å². The number of aliphatic hydroxyl groups is 1. The topological polar surface area (TPSA) is 41.5 Å². The Bertz CT molecular complexity index is 334. The summed E-state index contributed by atoms with van der Waals surface area (Å²) in [6.45, 7) is 9.15. The average molecular weight is 281 g/mol. The van der Waals surface area contributed by atoms with Crippen molar-refractivity contribution in [3.05, 3.63) is 11.1 Å². The van der Waals surface area contributed by atoms with Gasteiger partial charge in [0.25, 0.3) is 0 Å². The first kappa shape index (κ1) is 16.0. The Morgan fingerprint density at radius 2 is 1.85 bits per heavy atom. The standard InChI is InChI=1S/C17H31NO2/c1-12-4-5-16(10-13(12)2)14(3)18-11-17(19)15-6-8-20-9-7-15/h14-19H,4-11H2,1-3H3. The van der Waals surface area contributed by atoms with E-state index < -0.39 is 0 Å². The zero-order valence-corrected chi connectivity index (χ0v) is 13.3. The highest BCUT2D eigenvalue weighted by molar-refractivity contribution is 5.14. The van der Waals surface area contributed by atoms with E-state index in [1.165, 1.54) is 19.3 Å². The van der Waals surface area contributed by atoms with Gasteiger partial charge in [-0.2, -0.15) is 0 Å². The van der Waals surface area contributed by atoms with Crippen LogP contribution in [0.1, 0.15) is 52.9 Å². The van der Waals surface area contributed by atoms with E-state index in [1.54, 1.807) is 11.1 Å². The molecule has 0 spiro atoms. The number of hydrogen-bond acceptors (Lipinski definition) is 3. The quantitative estimate of drug-likeness (QED) is 0.761. The maximum Gasteiger partial charge on any atom is 0.0694 e. The first-order chi connectivity index (χ1) is 9.58. The molecule has 1 aliphatic carbocycles. The van der Waals surface area contributed by atoms with Crippen LogP contribution in [0.15, 0.2) is 11.1 Å². The molecule has 1 heterocycles. The van der Waals surface area contributed by atoms with Gasteiger partial charge in [-0.25, -0.2) is 0 Å². The van der Waals surface area contributed by atoms with E-state index >= 15 is 0 Å². The molecule has 0 saturated carbocycles. The monoisotopic (exact) mass is 281 g/mol. The Balaban J connectivity index is 1.73. The van der Waals surface area contributed by atoms with Crippen LogP contribution >= 0.6 is 0 Å². The fraction of sp³-hybridized carbons (Fsp3) is 0.882. The summed E-state index contributed by atoms with van der Waals surface area (Å²) < 4.78 is 5.36. The van der Waals surface area contributed by atoms with Crippen LogP contribution in [0.5, 0.6) is 0 Å². The Hall–Kier alpha value is -0.380. The summed E-state index contributed by atoms with van der Waals surface area (Å²) in [4.78, 5) is 0. The molecule has 2 aliphatic rings. The lowest BCUT2D eigenvalue weighted by atomic mass is 9.81. The molecule has 0 aromatic rings. The average Bonchev–Trinajstić information content (AvgIpc) is 2.48. The van der Waals surface area contributed by atoms with Crippen molar-refractivity contribution in [2.24, 2.45) is 11.8 Å². The zero-order chi connectivity index (χ0) is 14.5. The Labute approximate surface area is 123 Å². The van der Waals surface area contributed by atoms with Gasteiger partial charge in [0.05, 0.1) is 6.10 Å². The van der Waals surface area contributed by atoms with Gasteiger partial charge in [0.2, 0.25) is 0 Å². The minimum atomic E-state index is -0.219. The summed E-state index contributed by atoms with van der Waals surface area (Å²) in [6, 6.07) is 0.493. The maximum absolute atomic E-state index is 10.3. The number of allylic oxidation sites excluding steroid dienone is 2. The number of aliphatic hydroxyl groups excluding tert-OH is 1. The van der Waals surface area contributed by atoms with Gasteiger partial charge < -0.3 is 15.2 Å². The van der Waals surface area contributed by atoms with Crippen LogP contribution in [-0.2, 0) is 4.74 Å². The molecule has 3 unspecified atom stereocenters. The summed E-state index contributed by atoms with van der Waals surface area (Å²) in [5.74, 6) is 1.14. The molecule has 116 valence electrons. The fourth-order valence-corrected chi connectivity index (χ4v) is 3.45. The van der Waals surface area contributed by atoms with E-state index in [0.717, 1.165) is 38.5 Å². The molecule has 3 atom stereocenters. The van der Waals surface area contributed by atoms with Gasteiger partial charge in [0.1, 0.15) is 0 Å². The maximum atomic E-state index is 10.3. The molecule has 0 bridgehead atoms. The lowest BCUT2D eigenvalue weighted by Crippen LogP contribution is -2.42. The highest BCUT2D eigenvalue weighted by Crippen LogP contribution is 2.31. The lowest BCUT2D eigenvalue weighted by Gasteiger charge is -2.32. The van der Waals surface area contributed by atoms with Crippen LogP contribution in [0.2, 0.25) is 0 Å². The minimum absolute atomic E-state index is 0.219. The van der Waals surface area contributed by atoms with Crippen molar-refractivity contribution in [3.8, 4) is 0 Å². The molecule has 20 heavy (non-hydrogen) atoms. The van der Waals surface area contributed by atoms with E-state index in [2.05, 4.69) is 26.1 Å². The van der Waals surface area contributed by atoms with E-state index in [0.29, 0.717) is 12.0 Å². The molecule has 1 saturated heterocycles. The van der Waals surface area contributed by atoms with Gasteiger partial charge in [-0.15, -0.1) is 0 Å². The predicted octanol–water partition coefficient (Wildman–Crippen LogP) is 2.89. The van der Waals surface area contributed by atoms with Crippen LogP contribution < -0.4 is 5.32 Å². The number of rotatable bonds is 5. The third-order valence-corrected chi connectivity index (χ3v) is 5.35. The second-order valence-electron chi connectivity index (χ2n) is 6.78. The van der Waals surface area contributed by atoms with Crippen LogP contribution in [-0.4, -0.2) is 37.0 Å². The van der Waals surface area contributed by atoms with Gasteiger partial charge >= 0.3 is 0 Å². The summed E-state index contributed by atoms with van der Waals surface area (Å²) in [6.07, 6.45) is 5.52. The number of ether oxygens (including phenoxy) is 1. The second kappa shape index (κ2) is 7.58. The molecule has 1 fully saturated rings. The molecular weight excluding hydrogens is 250 g/mol. The zero-order valence-electron chi connectivity index (χ0n) is 13.3. The van der Waals surface area contributed by atoms with Crippen molar-refractivity contribution < 1.29 is 9.84 Å². The van der Waals surface area contributed by atoms with Crippen molar-refractivity contribution in [1.82, 2.24) is 5.32 Å².